The fourth-order valence-electron chi connectivity index (χ4n) is 4.66. The van der Waals surface area contributed by atoms with Gasteiger partial charge in [-0.05, 0) is 82.1 Å². The molecule has 2 heterocycles. The smallest absolute Gasteiger partial charge is 0.213 e. The zero-order valence-electron chi connectivity index (χ0n) is 19.9. The molecule has 0 radical (unpaired) electrons. The Balaban J connectivity index is 1.49. The average Bonchev–Trinajstić information content (AvgIpc) is 2.79. The van der Waals surface area contributed by atoms with E-state index in [0.29, 0.717) is 33.2 Å². The molecule has 1 aliphatic carbocycles. The maximum absolute atomic E-state index is 12.9. The molecule has 1 aliphatic rings. The van der Waals surface area contributed by atoms with Crippen molar-refractivity contribution in [2.45, 2.75) is 54.9 Å². The first kappa shape index (κ1) is 25.8. The molecule has 0 spiro atoms. The van der Waals surface area contributed by atoms with Crippen LogP contribution in [0, 0.1) is 6.92 Å². The number of aromatic nitrogens is 3. The van der Waals surface area contributed by atoms with Crippen LogP contribution < -0.4 is 4.74 Å². The second-order valence-corrected chi connectivity index (χ2v) is 11.9. The minimum absolute atomic E-state index is 0.0775. The molecule has 7 nitrogen and oxygen atoms in total. The van der Waals surface area contributed by atoms with Crippen LogP contribution in [0.1, 0.15) is 42.1 Å². The van der Waals surface area contributed by atoms with Crippen LogP contribution in [0.15, 0.2) is 53.8 Å². The third kappa shape index (κ3) is 6.30. The van der Waals surface area contributed by atoms with E-state index < -0.39 is 9.84 Å². The molecule has 0 amide bonds. The Bertz CT molecular complexity index is 1270. The van der Waals surface area contributed by atoms with Crippen LogP contribution in [0.4, 0.5) is 0 Å². The molecule has 35 heavy (non-hydrogen) atoms. The summed E-state index contributed by atoms with van der Waals surface area (Å²) in [5, 5.41) is 1.28. The largest absolute Gasteiger partial charge is 0.473 e. The van der Waals surface area contributed by atoms with Gasteiger partial charge in [0.2, 0.25) is 5.88 Å². The molecule has 1 aromatic carbocycles. The van der Waals surface area contributed by atoms with Gasteiger partial charge in [0.15, 0.2) is 9.84 Å². The first-order chi connectivity index (χ1) is 16.6. The predicted octanol–water partition coefficient (Wildman–Crippen LogP) is 5.11. The lowest BCUT2D eigenvalue weighted by atomic mass is 9.79. The van der Waals surface area contributed by atoms with Crippen LogP contribution in [0.5, 0.6) is 5.88 Å². The van der Waals surface area contributed by atoms with Gasteiger partial charge in [0.1, 0.15) is 12.4 Å². The number of likely N-dealkylation sites (N-methyl/N-ethyl adjacent to an activating group) is 1. The van der Waals surface area contributed by atoms with Gasteiger partial charge in [-0.2, -0.15) is 0 Å². The molecule has 186 valence electrons. The van der Waals surface area contributed by atoms with Crippen molar-refractivity contribution in [3.63, 3.8) is 0 Å². The highest BCUT2D eigenvalue weighted by Gasteiger charge is 2.34. The third-order valence-electron chi connectivity index (χ3n) is 6.37. The van der Waals surface area contributed by atoms with E-state index in [1.54, 1.807) is 31.2 Å². The van der Waals surface area contributed by atoms with E-state index in [2.05, 4.69) is 19.9 Å². The number of hydrogen-bond donors (Lipinski definition) is 0. The van der Waals surface area contributed by atoms with Crippen molar-refractivity contribution in [1.29, 1.82) is 0 Å². The number of halogens is 2. The minimum atomic E-state index is -3.60. The van der Waals surface area contributed by atoms with Gasteiger partial charge in [0.05, 0.1) is 22.0 Å². The highest BCUT2D eigenvalue weighted by atomic mass is 35.5. The van der Waals surface area contributed by atoms with Crippen molar-refractivity contribution >= 4 is 33.0 Å². The van der Waals surface area contributed by atoms with Gasteiger partial charge in [0, 0.05) is 28.4 Å². The summed E-state index contributed by atoms with van der Waals surface area (Å²) in [4.78, 5) is 14.7. The number of sulfone groups is 1. The molecule has 3 atom stereocenters. The Kier molecular flexibility index (Phi) is 7.96. The van der Waals surface area contributed by atoms with Crippen molar-refractivity contribution in [1.82, 2.24) is 19.9 Å². The van der Waals surface area contributed by atoms with Crippen LogP contribution in [0.3, 0.4) is 0 Å². The SMILES string of the molecule is Cc1nc(O[C@H]2CC[C@H](c3cc(Cl)cc(Cl)c3)C[C@@H]2N(C)C)ccc1S(=O)(=O)Cc1ccncn1. The molecule has 3 aromatic rings. The molecule has 2 aromatic heterocycles. The normalized spacial score (nSPS) is 20.7. The van der Waals surface area contributed by atoms with Crippen molar-refractivity contribution < 1.29 is 13.2 Å². The maximum Gasteiger partial charge on any atom is 0.213 e. The van der Waals surface area contributed by atoms with Crippen molar-refractivity contribution in [3.8, 4) is 5.88 Å². The second-order valence-electron chi connectivity index (χ2n) is 9.09. The monoisotopic (exact) mass is 534 g/mol. The highest BCUT2D eigenvalue weighted by molar-refractivity contribution is 7.90. The summed E-state index contributed by atoms with van der Waals surface area (Å²) in [6.45, 7) is 1.68. The van der Waals surface area contributed by atoms with Crippen molar-refractivity contribution in [2.24, 2.45) is 0 Å². The lowest BCUT2D eigenvalue weighted by Crippen LogP contribution is -2.46. The van der Waals surface area contributed by atoms with E-state index in [1.807, 2.05) is 26.2 Å². The fraction of sp³-hybridized carbons (Fsp3) is 0.400. The molecule has 1 saturated carbocycles. The quantitative estimate of drug-likeness (QED) is 0.416. The molecule has 0 aliphatic heterocycles. The maximum atomic E-state index is 12.9. The van der Waals surface area contributed by atoms with Gasteiger partial charge in [-0.1, -0.05) is 23.2 Å². The summed E-state index contributed by atoms with van der Waals surface area (Å²) in [5.74, 6) is 0.533. The predicted molar refractivity (Wildman–Crippen MR) is 137 cm³/mol. The first-order valence-corrected chi connectivity index (χ1v) is 13.8. The van der Waals surface area contributed by atoms with E-state index in [-0.39, 0.29) is 22.8 Å². The van der Waals surface area contributed by atoms with Crippen LogP contribution >= 0.6 is 23.2 Å². The second kappa shape index (κ2) is 10.8. The van der Waals surface area contributed by atoms with Gasteiger partial charge in [-0.3, -0.25) is 0 Å². The van der Waals surface area contributed by atoms with E-state index in [9.17, 15) is 8.42 Å². The molecule has 4 rings (SSSR count). The molecule has 0 bridgehead atoms. The van der Waals surface area contributed by atoms with E-state index in [0.717, 1.165) is 24.8 Å². The van der Waals surface area contributed by atoms with Crippen molar-refractivity contribution in [3.05, 3.63) is 75.9 Å². The van der Waals surface area contributed by atoms with Gasteiger partial charge >= 0.3 is 0 Å². The number of aryl methyl sites for hydroxylation is 1. The Morgan fingerprint density at radius 3 is 2.46 bits per heavy atom. The molecule has 1 fully saturated rings. The Hall–Kier alpha value is -2.26. The highest BCUT2D eigenvalue weighted by Crippen LogP contribution is 2.38. The Labute approximate surface area is 216 Å². The van der Waals surface area contributed by atoms with Crippen LogP contribution in [0.25, 0.3) is 0 Å². The fourth-order valence-corrected chi connectivity index (χ4v) is 6.69. The van der Waals surface area contributed by atoms with Gasteiger partial charge in [-0.15, -0.1) is 0 Å². The van der Waals surface area contributed by atoms with Crippen LogP contribution in [-0.4, -0.2) is 54.5 Å². The zero-order valence-corrected chi connectivity index (χ0v) is 22.2. The Morgan fingerprint density at radius 1 is 1.09 bits per heavy atom. The van der Waals surface area contributed by atoms with Crippen molar-refractivity contribution in [2.75, 3.05) is 14.1 Å². The van der Waals surface area contributed by atoms with Gasteiger partial charge in [-0.25, -0.2) is 23.4 Å². The summed E-state index contributed by atoms with van der Waals surface area (Å²) in [7, 11) is 0.474. The number of rotatable bonds is 7. The van der Waals surface area contributed by atoms with E-state index >= 15 is 0 Å². The summed E-state index contributed by atoms with van der Waals surface area (Å²) < 4.78 is 32.1. The van der Waals surface area contributed by atoms with Gasteiger partial charge < -0.3 is 9.64 Å². The minimum Gasteiger partial charge on any atom is -0.473 e. The summed E-state index contributed by atoms with van der Waals surface area (Å²) in [6.07, 6.45) is 5.42. The summed E-state index contributed by atoms with van der Waals surface area (Å²) >= 11 is 12.5. The first-order valence-electron chi connectivity index (χ1n) is 11.4. The molecule has 0 N–H and O–H groups in total. The molecular weight excluding hydrogens is 507 g/mol. The lowest BCUT2D eigenvalue weighted by Gasteiger charge is -2.39. The number of ether oxygens (including phenoxy) is 1. The topological polar surface area (TPSA) is 85.3 Å². The number of benzene rings is 1. The van der Waals surface area contributed by atoms with E-state index in [4.69, 9.17) is 27.9 Å². The summed E-state index contributed by atoms with van der Waals surface area (Å²) in [6, 6.07) is 10.7. The number of hydrogen-bond acceptors (Lipinski definition) is 7. The molecule has 0 unspecified atom stereocenters. The summed E-state index contributed by atoms with van der Waals surface area (Å²) in [5.41, 5.74) is 1.98. The zero-order chi connectivity index (χ0) is 25.2. The van der Waals surface area contributed by atoms with Crippen LogP contribution in [0.2, 0.25) is 10.0 Å². The third-order valence-corrected chi connectivity index (χ3v) is 8.59. The standard InChI is InChI=1S/C25H28Cl2N4O3S/c1-16-24(35(32,33)14-21-8-9-28-15-29-21)6-7-25(30-16)34-23-5-4-17(12-22(23)31(2)3)18-10-19(26)13-20(27)11-18/h6-11,13,15,17,22-23H,4-5,12,14H2,1-3H3/t17-,22-,23-/m0/s1. The van der Waals surface area contributed by atoms with E-state index in [1.165, 1.54) is 12.5 Å². The molecule has 10 heteroatoms. The Morgan fingerprint density at radius 2 is 1.83 bits per heavy atom. The molecule has 0 saturated heterocycles. The van der Waals surface area contributed by atoms with Gasteiger partial charge in [0.25, 0.3) is 0 Å². The molecular formula is C25H28Cl2N4O3S. The lowest BCUT2D eigenvalue weighted by molar-refractivity contribution is 0.0512. The number of nitrogens with zero attached hydrogens (tertiary/aromatic N) is 4. The van der Waals surface area contributed by atoms with Crippen LogP contribution in [-0.2, 0) is 15.6 Å². The number of pyridine rings is 1. The average molecular weight is 535 g/mol.